The van der Waals surface area contributed by atoms with E-state index in [-0.39, 0.29) is 5.57 Å². The molecular weight excluding hydrogens is 322 g/mol. The van der Waals surface area contributed by atoms with E-state index < -0.39 is 5.91 Å². The van der Waals surface area contributed by atoms with Crippen LogP contribution in [0.1, 0.15) is 11.1 Å². The van der Waals surface area contributed by atoms with Crippen molar-refractivity contribution in [1.29, 1.82) is 5.26 Å². The summed E-state index contributed by atoms with van der Waals surface area (Å²) in [7, 11) is 0. The van der Waals surface area contributed by atoms with Crippen LogP contribution in [0.5, 0.6) is 0 Å². The number of aromatic amines is 1. The summed E-state index contributed by atoms with van der Waals surface area (Å²) in [4.78, 5) is 15.5. The van der Waals surface area contributed by atoms with E-state index in [1.54, 1.807) is 24.4 Å². The summed E-state index contributed by atoms with van der Waals surface area (Å²) < 4.78 is 0. The molecule has 3 aromatic rings. The van der Waals surface area contributed by atoms with Gasteiger partial charge in [0, 0.05) is 33.4 Å². The van der Waals surface area contributed by atoms with E-state index in [1.165, 1.54) is 0 Å². The summed E-state index contributed by atoms with van der Waals surface area (Å²) in [6.45, 7) is 1.86. The highest BCUT2D eigenvalue weighted by atomic mass is 35.5. The Morgan fingerprint density at radius 2 is 2.08 bits per heavy atom. The first-order valence-corrected chi connectivity index (χ1v) is 7.71. The molecule has 0 unspecified atom stereocenters. The van der Waals surface area contributed by atoms with Crippen LogP contribution in [-0.2, 0) is 4.79 Å². The molecule has 0 aliphatic rings. The summed E-state index contributed by atoms with van der Waals surface area (Å²) in [6.07, 6.45) is 3.36. The Morgan fingerprint density at radius 1 is 1.29 bits per heavy atom. The summed E-state index contributed by atoms with van der Waals surface area (Å²) in [5, 5.41) is 13.6. The zero-order chi connectivity index (χ0) is 17.1. The maximum absolute atomic E-state index is 12.4. The van der Waals surface area contributed by atoms with Crippen LogP contribution < -0.4 is 5.32 Å². The summed E-state index contributed by atoms with van der Waals surface area (Å²) >= 11 is 5.96. The van der Waals surface area contributed by atoms with Gasteiger partial charge in [0.1, 0.15) is 11.6 Å². The van der Waals surface area contributed by atoms with Gasteiger partial charge in [-0.1, -0.05) is 35.9 Å². The molecule has 24 heavy (non-hydrogen) atoms. The van der Waals surface area contributed by atoms with Crippen molar-refractivity contribution in [2.45, 2.75) is 6.92 Å². The number of aryl methyl sites for hydroxylation is 1. The summed E-state index contributed by atoms with van der Waals surface area (Å²) in [5.74, 6) is -0.465. The first kappa shape index (κ1) is 15.9. The number of fused-ring (bicyclic) bond motifs is 1. The molecule has 0 saturated heterocycles. The lowest BCUT2D eigenvalue weighted by atomic mass is 10.1. The highest BCUT2D eigenvalue weighted by Crippen LogP contribution is 2.23. The van der Waals surface area contributed by atoms with E-state index in [4.69, 9.17) is 11.6 Å². The number of rotatable bonds is 3. The van der Waals surface area contributed by atoms with Gasteiger partial charge in [0.2, 0.25) is 0 Å². The van der Waals surface area contributed by atoms with Gasteiger partial charge in [-0.3, -0.25) is 4.79 Å². The lowest BCUT2D eigenvalue weighted by molar-refractivity contribution is -0.112. The number of amides is 1. The fourth-order valence-corrected chi connectivity index (χ4v) is 2.61. The Balaban J connectivity index is 1.92. The number of halogens is 1. The van der Waals surface area contributed by atoms with Gasteiger partial charge < -0.3 is 10.3 Å². The lowest BCUT2D eigenvalue weighted by Gasteiger charge is -2.08. The molecule has 5 heteroatoms. The third-order valence-corrected chi connectivity index (χ3v) is 3.97. The number of H-pyrrole nitrogens is 1. The molecule has 0 bridgehead atoms. The number of para-hydroxylation sites is 1. The van der Waals surface area contributed by atoms with Crippen LogP contribution in [-0.4, -0.2) is 10.9 Å². The van der Waals surface area contributed by atoms with Crippen molar-refractivity contribution in [1.82, 2.24) is 4.98 Å². The van der Waals surface area contributed by atoms with Crippen molar-refractivity contribution in [3.05, 3.63) is 70.4 Å². The number of carbonyl (C=O) groups is 1. The van der Waals surface area contributed by atoms with Gasteiger partial charge in [-0.15, -0.1) is 0 Å². The van der Waals surface area contributed by atoms with Crippen LogP contribution in [0, 0.1) is 18.3 Å². The van der Waals surface area contributed by atoms with Crippen molar-refractivity contribution < 1.29 is 4.79 Å². The van der Waals surface area contributed by atoms with Crippen molar-refractivity contribution in [3.8, 4) is 6.07 Å². The highest BCUT2D eigenvalue weighted by Gasteiger charge is 2.12. The van der Waals surface area contributed by atoms with Crippen molar-refractivity contribution in [2.24, 2.45) is 0 Å². The number of benzene rings is 2. The number of nitrogens with zero attached hydrogens (tertiary/aromatic N) is 1. The van der Waals surface area contributed by atoms with Crippen LogP contribution in [0.15, 0.2) is 54.2 Å². The molecule has 0 saturated carbocycles. The van der Waals surface area contributed by atoms with E-state index in [0.717, 1.165) is 22.0 Å². The van der Waals surface area contributed by atoms with E-state index in [9.17, 15) is 10.1 Å². The minimum Gasteiger partial charge on any atom is -0.361 e. The van der Waals surface area contributed by atoms with Crippen molar-refractivity contribution in [2.75, 3.05) is 5.32 Å². The Hall–Kier alpha value is -3.03. The molecule has 0 fully saturated rings. The molecule has 0 aliphatic heterocycles. The number of nitrogens with one attached hydrogen (secondary N) is 2. The zero-order valence-electron chi connectivity index (χ0n) is 12.9. The van der Waals surface area contributed by atoms with Crippen molar-refractivity contribution >= 4 is 40.2 Å². The Labute approximate surface area is 144 Å². The van der Waals surface area contributed by atoms with Gasteiger partial charge in [0.05, 0.1) is 0 Å². The maximum Gasteiger partial charge on any atom is 0.266 e. The van der Waals surface area contributed by atoms with Crippen molar-refractivity contribution in [3.63, 3.8) is 0 Å². The van der Waals surface area contributed by atoms with Crippen LogP contribution in [0.25, 0.3) is 17.0 Å². The lowest BCUT2D eigenvalue weighted by Crippen LogP contribution is -2.14. The van der Waals surface area contributed by atoms with Gasteiger partial charge in [0.15, 0.2) is 0 Å². The monoisotopic (exact) mass is 335 g/mol. The fourth-order valence-electron chi connectivity index (χ4n) is 2.44. The first-order chi connectivity index (χ1) is 11.6. The second kappa shape index (κ2) is 6.61. The number of hydrogen-bond acceptors (Lipinski definition) is 2. The number of hydrogen-bond donors (Lipinski definition) is 2. The van der Waals surface area contributed by atoms with Gasteiger partial charge >= 0.3 is 0 Å². The SMILES string of the molecule is Cc1ccc(Cl)cc1NC(=O)/C(C#N)=C/c1c[nH]c2ccccc12. The highest BCUT2D eigenvalue weighted by molar-refractivity contribution is 6.31. The van der Waals surface area contributed by atoms with E-state index in [2.05, 4.69) is 10.3 Å². The van der Waals surface area contributed by atoms with Crippen LogP contribution in [0.3, 0.4) is 0 Å². The van der Waals surface area contributed by atoms with E-state index in [1.807, 2.05) is 43.3 Å². The molecule has 3 rings (SSSR count). The molecule has 2 N–H and O–H groups in total. The fraction of sp³-hybridized carbons (Fsp3) is 0.0526. The number of anilines is 1. The predicted molar refractivity (Wildman–Crippen MR) is 96.7 cm³/mol. The maximum atomic E-state index is 12.4. The third kappa shape index (κ3) is 3.17. The molecule has 4 nitrogen and oxygen atoms in total. The largest absolute Gasteiger partial charge is 0.361 e. The molecule has 0 atom stereocenters. The number of carbonyl (C=O) groups excluding carboxylic acids is 1. The molecule has 1 amide bonds. The first-order valence-electron chi connectivity index (χ1n) is 7.34. The molecule has 2 aromatic carbocycles. The molecule has 0 radical (unpaired) electrons. The molecule has 0 spiro atoms. The molecule has 1 heterocycles. The quantitative estimate of drug-likeness (QED) is 0.539. The minimum absolute atomic E-state index is 0.0270. The van der Waals surface area contributed by atoms with Crippen LogP contribution in [0.2, 0.25) is 5.02 Å². The topological polar surface area (TPSA) is 68.7 Å². The van der Waals surface area contributed by atoms with E-state index >= 15 is 0 Å². The Bertz CT molecular complexity index is 995. The molecule has 0 aliphatic carbocycles. The molecule has 1 aromatic heterocycles. The van der Waals surface area contributed by atoms with Gasteiger partial charge in [-0.25, -0.2) is 0 Å². The predicted octanol–water partition coefficient (Wildman–Crippen LogP) is 4.68. The third-order valence-electron chi connectivity index (χ3n) is 3.73. The second-order valence-electron chi connectivity index (χ2n) is 5.37. The number of nitriles is 1. The van der Waals surface area contributed by atoms with Crippen LogP contribution in [0.4, 0.5) is 5.69 Å². The minimum atomic E-state index is -0.465. The normalized spacial score (nSPS) is 11.3. The van der Waals surface area contributed by atoms with E-state index in [0.29, 0.717) is 10.7 Å². The Morgan fingerprint density at radius 3 is 2.88 bits per heavy atom. The smallest absolute Gasteiger partial charge is 0.266 e. The average molecular weight is 336 g/mol. The van der Waals surface area contributed by atoms with Crippen LogP contribution >= 0.6 is 11.6 Å². The average Bonchev–Trinajstić information content (AvgIpc) is 2.99. The molecular formula is C19H14ClN3O. The van der Waals surface area contributed by atoms with Gasteiger partial charge in [0.25, 0.3) is 5.91 Å². The zero-order valence-corrected chi connectivity index (χ0v) is 13.7. The summed E-state index contributed by atoms with van der Waals surface area (Å²) in [5.41, 5.74) is 3.23. The molecule has 118 valence electrons. The van der Waals surface area contributed by atoms with Gasteiger partial charge in [-0.05, 0) is 36.8 Å². The standard InChI is InChI=1S/C19H14ClN3O/c1-12-6-7-15(20)9-18(12)23-19(24)13(10-21)8-14-11-22-17-5-3-2-4-16(14)17/h2-9,11,22H,1H3,(H,23,24)/b13-8+. The Kier molecular flexibility index (Phi) is 4.37. The second-order valence-corrected chi connectivity index (χ2v) is 5.81. The van der Waals surface area contributed by atoms with Gasteiger partial charge in [-0.2, -0.15) is 5.26 Å². The number of aromatic nitrogens is 1. The summed E-state index contributed by atoms with van der Waals surface area (Å²) in [6, 6.07) is 14.9.